The summed E-state index contributed by atoms with van der Waals surface area (Å²) >= 11 is 0. The van der Waals surface area contributed by atoms with E-state index in [1.54, 1.807) is 6.08 Å². The van der Waals surface area contributed by atoms with Crippen LogP contribution >= 0.6 is 0 Å². The summed E-state index contributed by atoms with van der Waals surface area (Å²) in [4.78, 5) is 21.6. The minimum absolute atomic E-state index is 0.140. The first-order valence-corrected chi connectivity index (χ1v) is 9.54. The molecule has 2 fully saturated rings. The molecular formula is C20H28N4O. The van der Waals surface area contributed by atoms with E-state index in [2.05, 4.69) is 35.1 Å². The van der Waals surface area contributed by atoms with Crippen LogP contribution in [0.4, 0.5) is 5.82 Å². The van der Waals surface area contributed by atoms with E-state index in [1.807, 2.05) is 17.2 Å². The molecule has 0 spiro atoms. The van der Waals surface area contributed by atoms with Crippen molar-refractivity contribution in [2.24, 2.45) is 11.8 Å². The van der Waals surface area contributed by atoms with E-state index in [-0.39, 0.29) is 5.91 Å². The van der Waals surface area contributed by atoms with Crippen molar-refractivity contribution in [2.45, 2.75) is 32.7 Å². The van der Waals surface area contributed by atoms with Gasteiger partial charge in [-0.2, -0.15) is 0 Å². The molecule has 0 radical (unpaired) electrons. The predicted octanol–water partition coefficient (Wildman–Crippen LogP) is 2.25. The maximum Gasteiger partial charge on any atom is 0.246 e. The Labute approximate surface area is 150 Å². The number of anilines is 1. The normalized spacial score (nSPS) is 26.1. The van der Waals surface area contributed by atoms with Crippen LogP contribution < -0.4 is 5.32 Å². The van der Waals surface area contributed by atoms with Gasteiger partial charge < -0.3 is 15.1 Å². The first kappa shape index (κ1) is 16.6. The SMILES string of the molecule is CC(C)N1C[C@H]2CN(C(=O)/C=C/c3cnc4c(c3)CCCN4)C[C@H]2C1. The third kappa shape index (κ3) is 3.43. The average Bonchev–Trinajstić information content (AvgIpc) is 3.18. The highest BCUT2D eigenvalue weighted by Crippen LogP contribution is 2.32. The summed E-state index contributed by atoms with van der Waals surface area (Å²) < 4.78 is 0. The van der Waals surface area contributed by atoms with Gasteiger partial charge in [-0.3, -0.25) is 4.79 Å². The molecule has 0 bridgehead atoms. The van der Waals surface area contributed by atoms with E-state index >= 15 is 0 Å². The van der Waals surface area contributed by atoms with Gasteiger partial charge in [0, 0.05) is 51.0 Å². The van der Waals surface area contributed by atoms with Gasteiger partial charge >= 0.3 is 0 Å². The first-order chi connectivity index (χ1) is 12.1. The van der Waals surface area contributed by atoms with Crippen LogP contribution in [0, 0.1) is 11.8 Å². The summed E-state index contributed by atoms with van der Waals surface area (Å²) in [5.74, 6) is 2.44. The van der Waals surface area contributed by atoms with Crippen molar-refractivity contribution in [1.29, 1.82) is 0 Å². The maximum absolute atomic E-state index is 12.5. The van der Waals surface area contributed by atoms with Crippen LogP contribution in [0.5, 0.6) is 0 Å². The number of likely N-dealkylation sites (tertiary alicyclic amines) is 2. The molecule has 4 heterocycles. The standard InChI is InChI=1S/C20H28N4O/c1-14(2)23-10-17-12-24(13-18(17)11-23)19(25)6-5-15-8-16-4-3-7-21-20(16)22-9-15/h5-6,8-9,14,17-18H,3-4,7,10-13H2,1-2H3,(H,21,22)/b6-5+/t17-,18+. The van der Waals surface area contributed by atoms with Gasteiger partial charge in [-0.1, -0.05) is 0 Å². The highest BCUT2D eigenvalue weighted by Gasteiger charge is 2.41. The molecule has 3 aliphatic heterocycles. The Morgan fingerprint density at radius 2 is 2.04 bits per heavy atom. The summed E-state index contributed by atoms with van der Waals surface area (Å²) in [7, 11) is 0. The Balaban J connectivity index is 1.36. The number of amides is 1. The van der Waals surface area contributed by atoms with Crippen molar-refractivity contribution >= 4 is 17.8 Å². The van der Waals surface area contributed by atoms with Gasteiger partial charge in [0.2, 0.25) is 5.91 Å². The lowest BCUT2D eigenvalue weighted by atomic mass is 10.0. The first-order valence-electron chi connectivity index (χ1n) is 9.54. The Hall–Kier alpha value is -1.88. The number of carbonyl (C=O) groups is 1. The molecule has 1 aromatic heterocycles. The van der Waals surface area contributed by atoms with Gasteiger partial charge in [0.1, 0.15) is 5.82 Å². The number of fused-ring (bicyclic) bond motifs is 2. The van der Waals surface area contributed by atoms with E-state index in [0.717, 1.165) is 56.9 Å². The van der Waals surface area contributed by atoms with Crippen molar-refractivity contribution in [1.82, 2.24) is 14.8 Å². The molecule has 5 heteroatoms. The quantitative estimate of drug-likeness (QED) is 0.858. The van der Waals surface area contributed by atoms with Crippen LogP contribution in [0.3, 0.4) is 0 Å². The van der Waals surface area contributed by atoms with Crippen LogP contribution in [0.25, 0.3) is 6.08 Å². The van der Waals surface area contributed by atoms with E-state index in [4.69, 9.17) is 0 Å². The largest absolute Gasteiger partial charge is 0.370 e. The Morgan fingerprint density at radius 1 is 1.28 bits per heavy atom. The topological polar surface area (TPSA) is 48.5 Å². The number of rotatable bonds is 3. The van der Waals surface area contributed by atoms with Gasteiger partial charge in [0.15, 0.2) is 0 Å². The molecule has 25 heavy (non-hydrogen) atoms. The molecule has 0 unspecified atom stereocenters. The van der Waals surface area contributed by atoms with Crippen molar-refractivity contribution in [3.63, 3.8) is 0 Å². The third-order valence-corrected chi connectivity index (χ3v) is 5.88. The lowest BCUT2D eigenvalue weighted by Gasteiger charge is -2.23. The number of nitrogens with zero attached hydrogens (tertiary/aromatic N) is 3. The van der Waals surface area contributed by atoms with Crippen LogP contribution in [-0.2, 0) is 11.2 Å². The Bertz CT molecular complexity index is 670. The van der Waals surface area contributed by atoms with E-state index in [9.17, 15) is 4.79 Å². The molecule has 1 aromatic rings. The lowest BCUT2D eigenvalue weighted by molar-refractivity contribution is -0.125. The molecule has 0 saturated carbocycles. The van der Waals surface area contributed by atoms with E-state index in [1.165, 1.54) is 5.56 Å². The summed E-state index contributed by atoms with van der Waals surface area (Å²) in [6.07, 6.45) is 7.69. The molecule has 2 atom stereocenters. The van der Waals surface area contributed by atoms with E-state index < -0.39 is 0 Å². The number of nitrogens with one attached hydrogen (secondary N) is 1. The highest BCUT2D eigenvalue weighted by atomic mass is 16.2. The zero-order valence-corrected chi connectivity index (χ0v) is 15.2. The molecule has 0 aromatic carbocycles. The fourth-order valence-electron chi connectivity index (χ4n) is 4.36. The molecule has 5 nitrogen and oxygen atoms in total. The predicted molar refractivity (Wildman–Crippen MR) is 100 cm³/mol. The smallest absolute Gasteiger partial charge is 0.246 e. The van der Waals surface area contributed by atoms with Crippen molar-refractivity contribution < 1.29 is 4.79 Å². The zero-order chi connectivity index (χ0) is 17.4. The molecule has 1 N–H and O–H groups in total. The molecule has 2 saturated heterocycles. The van der Waals surface area contributed by atoms with Crippen LogP contribution in [-0.4, -0.2) is 59.5 Å². The summed E-state index contributed by atoms with van der Waals surface area (Å²) in [6.45, 7) is 9.60. The van der Waals surface area contributed by atoms with Crippen molar-refractivity contribution in [2.75, 3.05) is 38.0 Å². The van der Waals surface area contributed by atoms with Gasteiger partial charge in [-0.05, 0) is 61.8 Å². The number of aryl methyl sites for hydroxylation is 1. The maximum atomic E-state index is 12.5. The van der Waals surface area contributed by atoms with Crippen LogP contribution in [0.15, 0.2) is 18.3 Å². The number of pyridine rings is 1. The zero-order valence-electron chi connectivity index (χ0n) is 15.2. The Morgan fingerprint density at radius 3 is 2.76 bits per heavy atom. The Kier molecular flexibility index (Phi) is 4.50. The van der Waals surface area contributed by atoms with E-state index in [0.29, 0.717) is 17.9 Å². The minimum Gasteiger partial charge on any atom is -0.370 e. The van der Waals surface area contributed by atoms with Gasteiger partial charge in [-0.25, -0.2) is 4.98 Å². The van der Waals surface area contributed by atoms with Gasteiger partial charge in [-0.15, -0.1) is 0 Å². The fourth-order valence-corrected chi connectivity index (χ4v) is 4.36. The van der Waals surface area contributed by atoms with Crippen LogP contribution in [0.1, 0.15) is 31.4 Å². The summed E-state index contributed by atoms with van der Waals surface area (Å²) in [5.41, 5.74) is 2.27. The number of aromatic nitrogens is 1. The number of carbonyl (C=O) groups excluding carboxylic acids is 1. The van der Waals surface area contributed by atoms with Gasteiger partial charge in [0.05, 0.1) is 0 Å². The van der Waals surface area contributed by atoms with Gasteiger partial charge in [0.25, 0.3) is 0 Å². The lowest BCUT2D eigenvalue weighted by Crippen LogP contribution is -2.34. The molecule has 0 aliphatic carbocycles. The number of hydrogen-bond donors (Lipinski definition) is 1. The second kappa shape index (κ2) is 6.79. The number of hydrogen-bond acceptors (Lipinski definition) is 4. The molecule has 1 amide bonds. The average molecular weight is 340 g/mol. The molecular weight excluding hydrogens is 312 g/mol. The molecule has 4 rings (SSSR count). The summed E-state index contributed by atoms with van der Waals surface area (Å²) in [6, 6.07) is 2.76. The minimum atomic E-state index is 0.140. The second-order valence-electron chi connectivity index (χ2n) is 7.95. The summed E-state index contributed by atoms with van der Waals surface area (Å²) in [5, 5.41) is 3.32. The van der Waals surface area contributed by atoms with Crippen molar-refractivity contribution in [3.05, 3.63) is 29.5 Å². The van der Waals surface area contributed by atoms with Crippen molar-refractivity contribution in [3.8, 4) is 0 Å². The molecule has 134 valence electrons. The monoisotopic (exact) mass is 340 g/mol. The third-order valence-electron chi connectivity index (χ3n) is 5.88. The fraction of sp³-hybridized carbons (Fsp3) is 0.600. The molecule has 3 aliphatic rings. The second-order valence-corrected chi connectivity index (χ2v) is 7.95. The van der Waals surface area contributed by atoms with Crippen LogP contribution in [0.2, 0.25) is 0 Å². The highest BCUT2D eigenvalue weighted by molar-refractivity contribution is 5.92.